The third kappa shape index (κ3) is 2.10. The van der Waals surface area contributed by atoms with Crippen LogP contribution in [-0.4, -0.2) is 21.5 Å². The fourth-order valence-corrected chi connectivity index (χ4v) is 1.99. The van der Waals surface area contributed by atoms with Crippen LogP contribution in [0, 0.1) is 0 Å². The molecule has 2 aromatic rings. The summed E-state index contributed by atoms with van der Waals surface area (Å²) in [5.41, 5.74) is 7.58. The van der Waals surface area contributed by atoms with Crippen LogP contribution in [0.1, 0.15) is 0 Å². The van der Waals surface area contributed by atoms with Crippen LogP contribution < -0.4 is 5.73 Å². The summed E-state index contributed by atoms with van der Waals surface area (Å²) >= 11 is 3.47. The molecule has 0 saturated heterocycles. The van der Waals surface area contributed by atoms with Crippen molar-refractivity contribution >= 4 is 21.7 Å². The van der Waals surface area contributed by atoms with Gasteiger partial charge in [0.2, 0.25) is 0 Å². The van der Waals surface area contributed by atoms with Crippen LogP contribution >= 0.6 is 15.9 Å². The Morgan fingerprint density at radius 2 is 2.12 bits per heavy atom. The van der Waals surface area contributed by atoms with Crippen molar-refractivity contribution in [3.63, 3.8) is 0 Å². The quantitative estimate of drug-likeness (QED) is 0.903. The number of nitrogens with two attached hydrogens (primary N) is 1. The average molecular weight is 282 g/mol. The third-order valence-corrected chi connectivity index (χ3v) is 2.96. The maximum Gasteiger partial charge on any atom is 0.122 e. The number of benzene rings is 1. The average Bonchev–Trinajstić information content (AvgIpc) is 2.61. The van der Waals surface area contributed by atoms with E-state index in [4.69, 9.17) is 10.8 Å². The molecular weight excluding hydrogens is 270 g/mol. The molecule has 1 aromatic heterocycles. The molecular formula is C11H12BrN3O. The second kappa shape index (κ2) is 4.67. The predicted octanol–water partition coefficient (Wildman–Crippen LogP) is 1.89. The van der Waals surface area contributed by atoms with Crippen molar-refractivity contribution in [1.29, 1.82) is 0 Å². The van der Waals surface area contributed by atoms with Crippen molar-refractivity contribution < 1.29 is 5.11 Å². The van der Waals surface area contributed by atoms with E-state index in [0.29, 0.717) is 12.4 Å². The Morgan fingerprint density at radius 1 is 1.38 bits per heavy atom. The summed E-state index contributed by atoms with van der Waals surface area (Å²) in [5, 5.41) is 13.2. The van der Waals surface area contributed by atoms with Crippen molar-refractivity contribution in [2.75, 3.05) is 12.3 Å². The Hall–Kier alpha value is -1.33. The molecule has 16 heavy (non-hydrogen) atoms. The number of nitrogens with zero attached hydrogens (tertiary/aromatic N) is 2. The van der Waals surface area contributed by atoms with Crippen molar-refractivity contribution in [3.8, 4) is 11.3 Å². The lowest BCUT2D eigenvalue weighted by Crippen LogP contribution is -2.07. The first kappa shape index (κ1) is 11.2. The van der Waals surface area contributed by atoms with Crippen LogP contribution in [0.4, 0.5) is 5.82 Å². The molecule has 0 aliphatic rings. The Bertz CT molecular complexity index is 496. The van der Waals surface area contributed by atoms with Gasteiger partial charge in [0.1, 0.15) is 5.82 Å². The van der Waals surface area contributed by atoms with E-state index < -0.39 is 0 Å². The number of aliphatic hydroxyl groups is 1. The van der Waals surface area contributed by atoms with Gasteiger partial charge >= 0.3 is 0 Å². The number of hydrogen-bond acceptors (Lipinski definition) is 3. The first-order valence-corrected chi connectivity index (χ1v) is 5.71. The molecule has 0 bridgehead atoms. The van der Waals surface area contributed by atoms with Crippen LogP contribution in [0.3, 0.4) is 0 Å². The lowest BCUT2D eigenvalue weighted by Gasteiger charge is -2.00. The van der Waals surface area contributed by atoms with Gasteiger partial charge in [-0.05, 0) is 6.07 Å². The van der Waals surface area contributed by atoms with Gasteiger partial charge in [-0.2, -0.15) is 5.10 Å². The molecule has 0 unspecified atom stereocenters. The molecule has 3 N–H and O–H groups in total. The van der Waals surface area contributed by atoms with Gasteiger partial charge in [0, 0.05) is 16.1 Å². The van der Waals surface area contributed by atoms with Crippen LogP contribution in [0.15, 0.2) is 34.8 Å². The molecule has 0 amide bonds. The van der Waals surface area contributed by atoms with E-state index in [9.17, 15) is 0 Å². The topological polar surface area (TPSA) is 64.1 Å². The van der Waals surface area contributed by atoms with Gasteiger partial charge < -0.3 is 10.8 Å². The number of hydrogen-bond donors (Lipinski definition) is 2. The molecule has 2 rings (SSSR count). The van der Waals surface area contributed by atoms with E-state index in [1.54, 1.807) is 10.7 Å². The number of aromatic nitrogens is 2. The second-order valence-corrected chi connectivity index (χ2v) is 4.24. The molecule has 1 heterocycles. The molecule has 1 aromatic carbocycles. The van der Waals surface area contributed by atoms with Crippen LogP contribution in [0.2, 0.25) is 0 Å². The summed E-state index contributed by atoms with van der Waals surface area (Å²) in [6.07, 6.45) is 0. The van der Waals surface area contributed by atoms with E-state index in [1.165, 1.54) is 0 Å². The van der Waals surface area contributed by atoms with Gasteiger partial charge in [-0.25, -0.2) is 4.68 Å². The van der Waals surface area contributed by atoms with E-state index in [-0.39, 0.29) is 6.61 Å². The highest BCUT2D eigenvalue weighted by Crippen LogP contribution is 2.27. The highest BCUT2D eigenvalue weighted by Gasteiger charge is 2.08. The summed E-state index contributed by atoms with van der Waals surface area (Å²) in [7, 11) is 0. The highest BCUT2D eigenvalue weighted by molar-refractivity contribution is 9.10. The maximum atomic E-state index is 8.85. The molecule has 4 nitrogen and oxygen atoms in total. The van der Waals surface area contributed by atoms with Crippen molar-refractivity contribution in [2.45, 2.75) is 6.54 Å². The molecule has 0 spiro atoms. The minimum Gasteiger partial charge on any atom is -0.394 e. The minimum absolute atomic E-state index is 0.0290. The van der Waals surface area contributed by atoms with E-state index in [0.717, 1.165) is 15.7 Å². The molecule has 0 aliphatic carbocycles. The molecule has 0 atom stereocenters. The van der Waals surface area contributed by atoms with E-state index >= 15 is 0 Å². The Morgan fingerprint density at radius 3 is 2.81 bits per heavy atom. The predicted molar refractivity (Wildman–Crippen MR) is 66.9 cm³/mol. The van der Waals surface area contributed by atoms with Gasteiger partial charge in [-0.3, -0.25) is 0 Å². The summed E-state index contributed by atoms with van der Waals surface area (Å²) in [6.45, 7) is 0.442. The summed E-state index contributed by atoms with van der Waals surface area (Å²) < 4.78 is 2.57. The van der Waals surface area contributed by atoms with Gasteiger partial charge in [0.25, 0.3) is 0 Å². The first-order valence-electron chi connectivity index (χ1n) is 4.91. The normalized spacial score (nSPS) is 10.6. The largest absolute Gasteiger partial charge is 0.394 e. The maximum absolute atomic E-state index is 8.85. The Labute approximate surface area is 102 Å². The van der Waals surface area contributed by atoms with Crippen molar-refractivity contribution in [2.24, 2.45) is 0 Å². The SMILES string of the molecule is Nc1cc(-c2ccccc2Br)nn1CCO. The van der Waals surface area contributed by atoms with Crippen LogP contribution in [-0.2, 0) is 6.54 Å². The molecule has 0 radical (unpaired) electrons. The number of anilines is 1. The third-order valence-electron chi connectivity index (χ3n) is 2.27. The minimum atomic E-state index is 0.0290. The molecule has 0 fully saturated rings. The highest BCUT2D eigenvalue weighted by atomic mass is 79.9. The number of aliphatic hydroxyl groups excluding tert-OH is 1. The number of halogens is 1. The monoisotopic (exact) mass is 281 g/mol. The lowest BCUT2D eigenvalue weighted by molar-refractivity contribution is 0.270. The molecule has 0 aliphatic heterocycles. The molecule has 5 heteroatoms. The zero-order valence-electron chi connectivity index (χ0n) is 8.60. The van der Waals surface area contributed by atoms with Gasteiger partial charge in [0.05, 0.1) is 18.8 Å². The van der Waals surface area contributed by atoms with Gasteiger partial charge in [-0.1, -0.05) is 34.1 Å². The Kier molecular flexibility index (Phi) is 3.26. The second-order valence-electron chi connectivity index (χ2n) is 3.38. The van der Waals surface area contributed by atoms with Gasteiger partial charge in [0.15, 0.2) is 0 Å². The fraction of sp³-hybridized carbons (Fsp3) is 0.182. The first-order chi connectivity index (χ1) is 7.72. The summed E-state index contributed by atoms with van der Waals surface area (Å²) in [5.74, 6) is 0.555. The van der Waals surface area contributed by atoms with Crippen molar-refractivity contribution in [3.05, 3.63) is 34.8 Å². The Balaban J connectivity index is 2.42. The zero-order chi connectivity index (χ0) is 11.5. The van der Waals surface area contributed by atoms with E-state index in [1.807, 2.05) is 24.3 Å². The number of rotatable bonds is 3. The smallest absolute Gasteiger partial charge is 0.122 e. The molecule has 84 valence electrons. The molecule has 0 saturated carbocycles. The van der Waals surface area contributed by atoms with Crippen LogP contribution in [0.5, 0.6) is 0 Å². The zero-order valence-corrected chi connectivity index (χ0v) is 10.2. The summed E-state index contributed by atoms with van der Waals surface area (Å²) in [6, 6.07) is 9.62. The summed E-state index contributed by atoms with van der Waals surface area (Å²) in [4.78, 5) is 0. The van der Waals surface area contributed by atoms with Crippen LogP contribution in [0.25, 0.3) is 11.3 Å². The lowest BCUT2D eigenvalue weighted by atomic mass is 10.2. The fourth-order valence-electron chi connectivity index (χ4n) is 1.51. The van der Waals surface area contributed by atoms with Gasteiger partial charge in [-0.15, -0.1) is 0 Å². The number of nitrogen functional groups attached to an aromatic ring is 1. The standard InChI is InChI=1S/C11H12BrN3O/c12-9-4-2-1-3-8(9)10-7-11(13)15(14-10)5-6-16/h1-4,7,16H,5-6,13H2. The van der Waals surface area contributed by atoms with Crippen molar-refractivity contribution in [1.82, 2.24) is 9.78 Å². The van der Waals surface area contributed by atoms with E-state index in [2.05, 4.69) is 21.0 Å².